The van der Waals surface area contributed by atoms with Gasteiger partial charge in [-0.1, -0.05) is 48.5 Å². The maximum Gasteiger partial charge on any atom is 0.338 e. The van der Waals surface area contributed by atoms with Crippen LogP contribution in [-0.2, 0) is 19.1 Å². The second-order valence-corrected chi connectivity index (χ2v) is 10.5. The zero-order valence-corrected chi connectivity index (χ0v) is 21.0. The van der Waals surface area contributed by atoms with Crippen molar-refractivity contribution < 1.29 is 23.9 Å². The molecule has 3 amide bonds. The van der Waals surface area contributed by atoms with Crippen LogP contribution in [0.3, 0.4) is 0 Å². The highest BCUT2D eigenvalue weighted by Gasteiger charge is 2.64. The summed E-state index contributed by atoms with van der Waals surface area (Å²) in [5, 5.41) is 2.70. The van der Waals surface area contributed by atoms with Crippen LogP contribution in [0.25, 0.3) is 0 Å². The number of fused-ring (bicyclic) bond motifs is 5. The first-order chi connectivity index (χ1) is 18.4. The molecule has 2 aliphatic carbocycles. The highest BCUT2D eigenvalue weighted by molar-refractivity contribution is 6.23. The molecule has 3 aliphatic rings. The summed E-state index contributed by atoms with van der Waals surface area (Å²) in [5.74, 6) is -1.52. The predicted octanol–water partition coefficient (Wildman–Crippen LogP) is 4.72. The fourth-order valence-electron chi connectivity index (χ4n) is 6.70. The Morgan fingerprint density at radius 1 is 0.895 bits per heavy atom. The lowest BCUT2D eigenvalue weighted by Gasteiger charge is -2.28. The molecule has 0 aromatic heterocycles. The average molecular weight is 509 g/mol. The van der Waals surface area contributed by atoms with Gasteiger partial charge < -0.3 is 10.1 Å². The van der Waals surface area contributed by atoms with Crippen molar-refractivity contribution in [2.45, 2.75) is 25.7 Å². The van der Waals surface area contributed by atoms with Gasteiger partial charge in [0.15, 0.2) is 6.61 Å². The minimum Gasteiger partial charge on any atom is -0.452 e. The van der Waals surface area contributed by atoms with Crippen molar-refractivity contribution >= 4 is 35.1 Å². The van der Waals surface area contributed by atoms with E-state index in [2.05, 4.69) is 17.4 Å². The Bertz CT molecular complexity index is 1430. The van der Waals surface area contributed by atoms with E-state index in [1.54, 1.807) is 24.3 Å². The van der Waals surface area contributed by atoms with Crippen molar-refractivity contribution in [3.63, 3.8) is 0 Å². The van der Waals surface area contributed by atoms with E-state index in [9.17, 15) is 19.2 Å². The van der Waals surface area contributed by atoms with Crippen molar-refractivity contribution in [1.29, 1.82) is 0 Å². The minimum absolute atomic E-state index is 0.147. The first-order valence-corrected chi connectivity index (χ1v) is 13.0. The quantitative estimate of drug-likeness (QED) is 0.384. The Balaban J connectivity index is 1.14. The van der Waals surface area contributed by atoms with Crippen LogP contribution >= 0.6 is 0 Å². The number of esters is 1. The number of amides is 3. The Morgan fingerprint density at radius 3 is 2.45 bits per heavy atom. The lowest BCUT2D eigenvalue weighted by molar-refractivity contribution is -0.123. The molecule has 6 rings (SSSR count). The average Bonchev–Trinajstić information content (AvgIpc) is 3.59. The number of nitrogens with zero attached hydrogens (tertiary/aromatic N) is 1. The number of ether oxygens (including phenoxy) is 1. The molecule has 3 aromatic carbocycles. The van der Waals surface area contributed by atoms with Crippen molar-refractivity contribution in [3.8, 4) is 0 Å². The van der Waals surface area contributed by atoms with Gasteiger partial charge >= 0.3 is 5.97 Å². The molecule has 0 unspecified atom stereocenters. The molecule has 1 saturated heterocycles. The normalized spacial score (nSPS) is 25.4. The first kappa shape index (κ1) is 24.1. The van der Waals surface area contributed by atoms with Gasteiger partial charge in [-0.3, -0.25) is 19.3 Å². The summed E-state index contributed by atoms with van der Waals surface area (Å²) >= 11 is 0. The largest absolute Gasteiger partial charge is 0.452 e. The Kier molecular flexibility index (Phi) is 6.06. The first-order valence-electron chi connectivity index (χ1n) is 13.0. The SMILES string of the molecule is Cc1cccc(NC(=O)COC(=O)c2cccc(N3C(=O)[C@@H]4[C@@H]5C[C@@H]([C@@H]4C3=O)[C@@H](c3ccccc3)C5)c2)c1. The summed E-state index contributed by atoms with van der Waals surface area (Å²) in [6.07, 6.45) is 1.82. The molecule has 3 fully saturated rings. The molecule has 0 spiro atoms. The fourth-order valence-corrected chi connectivity index (χ4v) is 6.70. The van der Waals surface area contributed by atoms with Crippen LogP contribution in [0.1, 0.15) is 40.2 Å². The summed E-state index contributed by atoms with van der Waals surface area (Å²) in [7, 11) is 0. The standard InChI is InChI=1S/C31H28N2O5/c1-18-7-5-11-22(13-18)32-26(34)17-38-31(37)20-10-6-12-23(14-20)33-29(35)27-21-15-24(19-8-3-2-4-9-19)25(16-21)28(27)30(33)36/h2-14,21,24-25,27-28H,15-17H2,1H3,(H,32,34)/t21-,24+,25+,27+,28-/m0/s1. The summed E-state index contributed by atoms with van der Waals surface area (Å²) in [6.45, 7) is 1.46. The van der Waals surface area contributed by atoms with Crippen molar-refractivity contribution in [2.75, 3.05) is 16.8 Å². The van der Waals surface area contributed by atoms with Crippen LogP contribution in [0.4, 0.5) is 11.4 Å². The number of hydrogen-bond donors (Lipinski definition) is 1. The van der Waals surface area contributed by atoms with E-state index in [0.717, 1.165) is 18.4 Å². The highest BCUT2D eigenvalue weighted by atomic mass is 16.5. The maximum absolute atomic E-state index is 13.6. The molecule has 2 saturated carbocycles. The van der Waals surface area contributed by atoms with Crippen LogP contribution in [0, 0.1) is 30.6 Å². The van der Waals surface area contributed by atoms with Gasteiger partial charge in [0.05, 0.1) is 23.1 Å². The fraction of sp³-hybridized carbons (Fsp3) is 0.290. The van der Waals surface area contributed by atoms with Crippen molar-refractivity contribution in [3.05, 3.63) is 95.6 Å². The number of rotatable bonds is 6. The molecule has 0 radical (unpaired) electrons. The number of anilines is 2. The number of carbonyl (C=O) groups is 4. The molecule has 1 N–H and O–H groups in total. The summed E-state index contributed by atoms with van der Waals surface area (Å²) < 4.78 is 5.21. The van der Waals surface area contributed by atoms with Crippen LogP contribution in [0.15, 0.2) is 78.9 Å². The predicted molar refractivity (Wildman–Crippen MR) is 141 cm³/mol. The molecule has 1 heterocycles. The van der Waals surface area contributed by atoms with E-state index in [4.69, 9.17) is 4.74 Å². The van der Waals surface area contributed by atoms with E-state index in [1.807, 2.05) is 43.3 Å². The second kappa shape index (κ2) is 9.56. The van der Waals surface area contributed by atoms with Crippen LogP contribution in [-0.4, -0.2) is 30.3 Å². The van der Waals surface area contributed by atoms with E-state index >= 15 is 0 Å². The number of benzene rings is 3. The van der Waals surface area contributed by atoms with Gasteiger partial charge in [0.2, 0.25) is 11.8 Å². The number of hydrogen-bond acceptors (Lipinski definition) is 5. The lowest BCUT2D eigenvalue weighted by atomic mass is 9.73. The van der Waals surface area contributed by atoms with Gasteiger partial charge in [0.1, 0.15) is 0 Å². The second-order valence-electron chi connectivity index (χ2n) is 10.5. The smallest absolute Gasteiger partial charge is 0.338 e. The summed E-state index contributed by atoms with van der Waals surface area (Å²) in [6, 6.07) is 23.9. The number of nitrogens with one attached hydrogen (secondary N) is 1. The Labute approximate surface area is 220 Å². The highest BCUT2D eigenvalue weighted by Crippen LogP contribution is 2.61. The number of aryl methyl sites for hydroxylation is 1. The topological polar surface area (TPSA) is 92.8 Å². The van der Waals surface area contributed by atoms with Crippen LogP contribution in [0.2, 0.25) is 0 Å². The molecule has 38 heavy (non-hydrogen) atoms. The van der Waals surface area contributed by atoms with Crippen molar-refractivity contribution in [1.82, 2.24) is 0 Å². The number of imide groups is 1. The van der Waals surface area contributed by atoms with E-state index < -0.39 is 18.5 Å². The van der Waals surface area contributed by atoms with Gasteiger partial charge in [0.25, 0.3) is 5.91 Å². The molecule has 7 nitrogen and oxygen atoms in total. The lowest BCUT2D eigenvalue weighted by Crippen LogP contribution is -2.33. The number of carbonyl (C=O) groups excluding carboxylic acids is 4. The third-order valence-corrected chi connectivity index (χ3v) is 8.22. The molecule has 7 heteroatoms. The molecule has 3 aromatic rings. The van der Waals surface area contributed by atoms with Gasteiger partial charge in [-0.15, -0.1) is 0 Å². The van der Waals surface area contributed by atoms with Crippen molar-refractivity contribution in [2.24, 2.45) is 23.7 Å². The molecule has 5 atom stereocenters. The van der Waals surface area contributed by atoms with E-state index in [0.29, 0.717) is 11.4 Å². The summed E-state index contributed by atoms with van der Waals surface area (Å²) in [5.41, 5.74) is 3.38. The van der Waals surface area contributed by atoms with Gasteiger partial charge in [-0.25, -0.2) is 4.79 Å². The zero-order chi connectivity index (χ0) is 26.4. The monoisotopic (exact) mass is 508 g/mol. The molecular formula is C31H28N2O5. The Morgan fingerprint density at radius 2 is 1.66 bits per heavy atom. The maximum atomic E-state index is 13.6. The Hall–Kier alpha value is -4.26. The third kappa shape index (κ3) is 4.18. The van der Waals surface area contributed by atoms with E-state index in [1.165, 1.54) is 16.5 Å². The van der Waals surface area contributed by atoms with Gasteiger partial charge in [0, 0.05) is 5.69 Å². The van der Waals surface area contributed by atoms with Crippen LogP contribution < -0.4 is 10.2 Å². The van der Waals surface area contributed by atoms with Crippen LogP contribution in [0.5, 0.6) is 0 Å². The zero-order valence-electron chi connectivity index (χ0n) is 21.0. The molecule has 2 bridgehead atoms. The van der Waals surface area contributed by atoms with E-state index in [-0.39, 0.29) is 47.0 Å². The minimum atomic E-state index is -0.699. The third-order valence-electron chi connectivity index (χ3n) is 8.22. The molecular weight excluding hydrogens is 480 g/mol. The summed E-state index contributed by atoms with van der Waals surface area (Å²) in [4.78, 5) is 53.3. The molecule has 1 aliphatic heterocycles. The van der Waals surface area contributed by atoms with Gasteiger partial charge in [-0.05, 0) is 79.0 Å². The molecule has 192 valence electrons. The van der Waals surface area contributed by atoms with Gasteiger partial charge in [-0.2, -0.15) is 0 Å².